The first-order valence-corrected chi connectivity index (χ1v) is 6.61. The number of furan rings is 1. The predicted octanol–water partition coefficient (Wildman–Crippen LogP) is 4.49. The predicted molar refractivity (Wildman–Crippen MR) is 77.4 cm³/mol. The van der Waals surface area contributed by atoms with Crippen LogP contribution in [-0.4, -0.2) is 12.4 Å². The minimum Gasteiger partial charge on any atom is -0.482 e. The van der Waals surface area contributed by atoms with Crippen LogP contribution in [0.2, 0.25) is 5.02 Å². The molecule has 0 saturated heterocycles. The van der Waals surface area contributed by atoms with Gasteiger partial charge in [0.15, 0.2) is 18.2 Å². The first-order chi connectivity index (χ1) is 10.2. The quantitative estimate of drug-likeness (QED) is 0.667. The lowest BCUT2D eigenvalue weighted by molar-refractivity contribution is 0.0919. The highest BCUT2D eigenvalue weighted by Crippen LogP contribution is 2.25. The average Bonchev–Trinajstić information content (AvgIpc) is 2.92. The fraction of sp³-hybridized carbons (Fsp3) is 0.0625. The summed E-state index contributed by atoms with van der Waals surface area (Å²) in [5.41, 5.74) is 1.03. The Morgan fingerprint density at radius 3 is 2.86 bits per heavy atom. The molecule has 0 N–H and O–H groups in total. The van der Waals surface area contributed by atoms with Crippen molar-refractivity contribution in [1.29, 1.82) is 0 Å². The van der Waals surface area contributed by atoms with Crippen molar-refractivity contribution in [2.45, 2.75) is 0 Å². The summed E-state index contributed by atoms with van der Waals surface area (Å²) < 4.78 is 24.2. The van der Waals surface area contributed by atoms with Crippen molar-refractivity contribution in [3.63, 3.8) is 0 Å². The Morgan fingerprint density at radius 2 is 2.00 bits per heavy atom. The zero-order chi connectivity index (χ0) is 14.8. The van der Waals surface area contributed by atoms with Gasteiger partial charge in [-0.05, 0) is 18.2 Å². The number of hydrogen-bond donors (Lipinski definition) is 0. The topological polar surface area (TPSA) is 39.4 Å². The summed E-state index contributed by atoms with van der Waals surface area (Å²) in [5.74, 6) is -1.02. The van der Waals surface area contributed by atoms with E-state index in [0.29, 0.717) is 16.5 Å². The van der Waals surface area contributed by atoms with Crippen molar-refractivity contribution in [2.24, 2.45) is 0 Å². The van der Waals surface area contributed by atoms with E-state index in [-0.39, 0.29) is 23.2 Å². The summed E-state index contributed by atoms with van der Waals surface area (Å²) in [5, 5.41) is 0.659. The van der Waals surface area contributed by atoms with E-state index < -0.39 is 5.82 Å². The fourth-order valence-corrected chi connectivity index (χ4v) is 2.18. The SMILES string of the molecule is O=C(COc1cccc(Cl)c1F)c1coc2ccccc12. The maximum Gasteiger partial charge on any atom is 0.204 e. The molecule has 0 saturated carbocycles. The van der Waals surface area contributed by atoms with E-state index in [4.69, 9.17) is 20.8 Å². The molecule has 5 heteroatoms. The number of fused-ring (bicyclic) bond motifs is 1. The normalized spacial score (nSPS) is 10.8. The summed E-state index contributed by atoms with van der Waals surface area (Å²) in [6.07, 6.45) is 1.38. The van der Waals surface area contributed by atoms with Gasteiger partial charge in [-0.25, -0.2) is 4.39 Å². The van der Waals surface area contributed by atoms with Crippen LogP contribution in [-0.2, 0) is 0 Å². The molecule has 0 aliphatic heterocycles. The lowest BCUT2D eigenvalue weighted by atomic mass is 10.1. The number of halogens is 2. The molecule has 3 nitrogen and oxygen atoms in total. The van der Waals surface area contributed by atoms with Crippen LogP contribution in [0.15, 0.2) is 53.1 Å². The van der Waals surface area contributed by atoms with E-state index in [0.717, 1.165) is 0 Å². The molecule has 0 spiro atoms. The van der Waals surface area contributed by atoms with Crippen LogP contribution < -0.4 is 4.74 Å². The Balaban J connectivity index is 1.79. The molecule has 0 atom stereocenters. The van der Waals surface area contributed by atoms with Crippen LogP contribution in [0.1, 0.15) is 10.4 Å². The Bertz CT molecular complexity index is 810. The van der Waals surface area contributed by atoms with Crippen molar-refractivity contribution in [2.75, 3.05) is 6.61 Å². The second-order valence-electron chi connectivity index (χ2n) is 4.41. The molecule has 106 valence electrons. The van der Waals surface area contributed by atoms with E-state index in [1.54, 1.807) is 18.2 Å². The van der Waals surface area contributed by atoms with Gasteiger partial charge in [0.1, 0.15) is 11.8 Å². The second-order valence-corrected chi connectivity index (χ2v) is 4.82. The fourth-order valence-electron chi connectivity index (χ4n) is 2.01. The first kappa shape index (κ1) is 13.6. The minimum absolute atomic E-state index is 0.0475. The molecule has 2 aromatic carbocycles. The smallest absolute Gasteiger partial charge is 0.204 e. The molecule has 0 bridgehead atoms. The summed E-state index contributed by atoms with van der Waals surface area (Å²) in [6.45, 7) is -0.291. The third kappa shape index (κ3) is 2.62. The molecule has 1 aromatic heterocycles. The standard InChI is InChI=1S/C16H10ClFO3/c17-12-5-3-7-15(16(12)18)21-9-13(19)11-8-20-14-6-2-1-4-10(11)14/h1-8H,9H2. The molecule has 0 aliphatic rings. The van der Waals surface area contributed by atoms with E-state index in [1.165, 1.54) is 18.4 Å². The monoisotopic (exact) mass is 304 g/mol. The zero-order valence-electron chi connectivity index (χ0n) is 10.8. The molecule has 0 aliphatic carbocycles. The van der Waals surface area contributed by atoms with Crippen LogP contribution in [0.4, 0.5) is 4.39 Å². The number of hydrogen-bond acceptors (Lipinski definition) is 3. The summed E-state index contributed by atoms with van der Waals surface area (Å²) in [4.78, 5) is 12.1. The molecule has 0 amide bonds. The van der Waals surface area contributed by atoms with Gasteiger partial charge in [-0.1, -0.05) is 35.9 Å². The first-order valence-electron chi connectivity index (χ1n) is 6.23. The van der Waals surface area contributed by atoms with Gasteiger partial charge in [-0.15, -0.1) is 0 Å². The van der Waals surface area contributed by atoms with Gasteiger partial charge in [0.2, 0.25) is 5.78 Å². The van der Waals surface area contributed by atoms with Gasteiger partial charge in [0.05, 0.1) is 10.6 Å². The molecular weight excluding hydrogens is 295 g/mol. The minimum atomic E-state index is -0.677. The highest BCUT2D eigenvalue weighted by molar-refractivity contribution is 6.30. The lowest BCUT2D eigenvalue weighted by Gasteiger charge is -2.06. The van der Waals surface area contributed by atoms with Gasteiger partial charge in [-0.2, -0.15) is 0 Å². The Hall–Kier alpha value is -2.33. The Labute approximate surface area is 124 Å². The molecule has 1 heterocycles. The number of carbonyl (C=O) groups is 1. The number of Topliss-reactive ketones (excluding diaryl/α,β-unsaturated/α-hetero) is 1. The van der Waals surface area contributed by atoms with Gasteiger partial charge in [0.25, 0.3) is 0 Å². The van der Waals surface area contributed by atoms with Gasteiger partial charge in [0, 0.05) is 5.39 Å². The second kappa shape index (κ2) is 5.58. The Morgan fingerprint density at radius 1 is 1.19 bits per heavy atom. The Kier molecular flexibility index (Phi) is 3.62. The zero-order valence-corrected chi connectivity index (χ0v) is 11.6. The number of rotatable bonds is 4. The largest absolute Gasteiger partial charge is 0.482 e. The van der Waals surface area contributed by atoms with E-state index in [1.807, 2.05) is 12.1 Å². The third-order valence-electron chi connectivity index (χ3n) is 3.06. The van der Waals surface area contributed by atoms with Crippen molar-refractivity contribution in [1.82, 2.24) is 0 Å². The lowest BCUT2D eigenvalue weighted by Crippen LogP contribution is -2.11. The van der Waals surface area contributed by atoms with Crippen molar-refractivity contribution >= 4 is 28.4 Å². The van der Waals surface area contributed by atoms with Crippen LogP contribution in [0, 0.1) is 5.82 Å². The molecule has 0 unspecified atom stereocenters. The maximum absolute atomic E-state index is 13.7. The highest BCUT2D eigenvalue weighted by Gasteiger charge is 2.15. The molecule has 0 fully saturated rings. The molecule has 3 rings (SSSR count). The van der Waals surface area contributed by atoms with Crippen LogP contribution in [0.5, 0.6) is 5.75 Å². The number of ketones is 1. The third-order valence-corrected chi connectivity index (χ3v) is 3.35. The van der Waals surface area contributed by atoms with Gasteiger partial charge < -0.3 is 9.15 Å². The van der Waals surface area contributed by atoms with Crippen LogP contribution in [0.3, 0.4) is 0 Å². The molecule has 0 radical (unpaired) electrons. The number of para-hydroxylation sites is 1. The van der Waals surface area contributed by atoms with E-state index in [2.05, 4.69) is 0 Å². The van der Waals surface area contributed by atoms with Crippen LogP contribution >= 0.6 is 11.6 Å². The molecular formula is C16H10ClFO3. The molecule has 21 heavy (non-hydrogen) atoms. The summed E-state index contributed by atoms with van der Waals surface area (Å²) in [7, 11) is 0. The van der Waals surface area contributed by atoms with Crippen molar-refractivity contribution in [3.8, 4) is 5.75 Å². The van der Waals surface area contributed by atoms with Gasteiger partial charge >= 0.3 is 0 Å². The average molecular weight is 305 g/mol. The molecule has 3 aromatic rings. The number of carbonyl (C=O) groups excluding carboxylic acids is 1. The number of ether oxygens (including phenoxy) is 1. The summed E-state index contributed by atoms with van der Waals surface area (Å²) in [6, 6.07) is 11.6. The van der Waals surface area contributed by atoms with Crippen molar-refractivity contribution in [3.05, 3.63) is 65.1 Å². The van der Waals surface area contributed by atoms with E-state index >= 15 is 0 Å². The van der Waals surface area contributed by atoms with Crippen LogP contribution in [0.25, 0.3) is 11.0 Å². The number of benzene rings is 2. The van der Waals surface area contributed by atoms with Crippen molar-refractivity contribution < 1.29 is 18.3 Å². The maximum atomic E-state index is 13.7. The summed E-state index contributed by atoms with van der Waals surface area (Å²) >= 11 is 5.65. The van der Waals surface area contributed by atoms with Gasteiger partial charge in [-0.3, -0.25) is 4.79 Å². The van der Waals surface area contributed by atoms with E-state index in [9.17, 15) is 9.18 Å². The highest BCUT2D eigenvalue weighted by atomic mass is 35.5.